The first-order valence-corrected chi connectivity index (χ1v) is 9.40. The molecule has 0 saturated heterocycles. The summed E-state index contributed by atoms with van der Waals surface area (Å²) in [6.45, 7) is 20.5. The van der Waals surface area contributed by atoms with Gasteiger partial charge in [-0.1, -0.05) is 0 Å². The van der Waals surface area contributed by atoms with Gasteiger partial charge in [0.2, 0.25) is 0 Å². The normalized spacial score (nSPS) is 10.9. The molecule has 0 unspecified atom stereocenters. The first kappa shape index (κ1) is 21.5. The zero-order valence-electron chi connectivity index (χ0n) is 14.1. The molecular weight excluding hydrogens is 481 g/mol. The van der Waals surface area contributed by atoms with Crippen molar-refractivity contribution in [2.24, 2.45) is 0 Å². The average molecular weight is 507 g/mol. The zero-order valence-corrected chi connectivity index (χ0v) is 17.2. The fourth-order valence-corrected chi connectivity index (χ4v) is 3.39. The third-order valence-electron chi connectivity index (χ3n) is 3.56. The molecule has 0 radical (unpaired) electrons. The van der Waals surface area contributed by atoms with Crippen LogP contribution in [0, 0.1) is 0 Å². The van der Waals surface area contributed by atoms with Crippen LogP contribution in [0.15, 0.2) is 62.8 Å². The first-order valence-electron chi connectivity index (χ1n) is 7.85. The number of hydrogen-bond donors (Lipinski definition) is 0. The molecule has 0 aromatic heterocycles. The van der Waals surface area contributed by atoms with E-state index in [0.717, 1.165) is 47.3 Å². The Hall–Kier alpha value is -0.575. The van der Waals surface area contributed by atoms with Crippen LogP contribution in [0.2, 0.25) is 0 Å². The fourth-order valence-electron chi connectivity index (χ4n) is 2.52. The molecule has 1 aromatic carbocycles. The van der Waals surface area contributed by atoms with Crippen LogP contribution in [0.1, 0.15) is 11.1 Å². The Morgan fingerprint density at radius 1 is 0.750 bits per heavy atom. The minimum absolute atomic E-state index is 0.834. The Balaban J connectivity index is 3.12. The summed E-state index contributed by atoms with van der Waals surface area (Å²) < 4.78 is 2.28. The van der Waals surface area contributed by atoms with E-state index in [4.69, 9.17) is 0 Å². The van der Waals surface area contributed by atoms with Crippen LogP contribution in [-0.4, -0.2) is 36.0 Å². The summed E-state index contributed by atoms with van der Waals surface area (Å²) in [5.74, 6) is 0. The van der Waals surface area contributed by atoms with Crippen molar-refractivity contribution in [3.8, 4) is 0 Å². The second-order valence-electron chi connectivity index (χ2n) is 5.48. The molecule has 0 saturated carbocycles. The molecule has 0 atom stereocenters. The second-order valence-corrected chi connectivity index (χ2v) is 7.09. The van der Waals surface area contributed by atoms with Gasteiger partial charge >= 0.3 is 169 Å². The van der Waals surface area contributed by atoms with Crippen LogP contribution in [0.5, 0.6) is 0 Å². The van der Waals surface area contributed by atoms with Crippen molar-refractivity contribution >= 4 is 8.07 Å². The summed E-state index contributed by atoms with van der Waals surface area (Å²) in [7, 11) is 0. The van der Waals surface area contributed by atoms with Gasteiger partial charge < -0.3 is 0 Å². The Kier molecular flexibility index (Phi) is 10.6. The average Bonchev–Trinajstić information content (AvgIpc) is 2.55. The molecule has 0 aliphatic carbocycles. The van der Waals surface area contributed by atoms with Crippen molar-refractivity contribution in [2.75, 3.05) is 26.2 Å². The van der Waals surface area contributed by atoms with E-state index in [1.54, 1.807) is 0 Å². The van der Waals surface area contributed by atoms with Gasteiger partial charge in [0.05, 0.1) is 0 Å². The van der Waals surface area contributed by atoms with Crippen LogP contribution in [0.3, 0.4) is 0 Å². The van der Waals surface area contributed by atoms with E-state index in [-0.39, 0.29) is 0 Å². The van der Waals surface area contributed by atoms with Gasteiger partial charge in [0, 0.05) is 0 Å². The molecule has 24 heavy (non-hydrogen) atoms. The Morgan fingerprint density at radius 2 is 1.21 bits per heavy atom. The van der Waals surface area contributed by atoms with Crippen LogP contribution in [0.4, 0.5) is 0 Å². The summed E-state index contributed by atoms with van der Waals surface area (Å²) in [6, 6.07) is 4.32. The van der Waals surface area contributed by atoms with Crippen molar-refractivity contribution in [2.45, 2.75) is 13.1 Å². The predicted octanol–water partition coefficient (Wildman–Crippen LogP) is 2.38. The van der Waals surface area contributed by atoms with Gasteiger partial charge in [0.25, 0.3) is 0 Å². The molecule has 0 amide bonds. The Bertz CT molecular complexity index is 561. The van der Waals surface area contributed by atoms with Crippen LogP contribution < -0.4 is 8.07 Å². The molecule has 1 rings (SSSR count). The molecule has 0 N–H and O–H groups in total. The van der Waals surface area contributed by atoms with Gasteiger partial charge in [-0.05, 0) is 0 Å². The molecule has 0 bridgehead atoms. The molecular formula is C20H26N2Pd2. The maximum absolute atomic E-state index is 3.86. The molecule has 0 fully saturated rings. The van der Waals surface area contributed by atoms with E-state index in [2.05, 4.69) is 86.7 Å². The van der Waals surface area contributed by atoms with E-state index >= 15 is 0 Å². The number of rotatable bonds is 12. The van der Waals surface area contributed by atoms with Crippen molar-refractivity contribution in [1.29, 1.82) is 0 Å². The quantitative estimate of drug-likeness (QED) is 0.317. The topological polar surface area (TPSA) is 6.48 Å². The number of nitrogens with zero attached hydrogens (tertiary/aromatic N) is 2. The van der Waals surface area contributed by atoms with Crippen LogP contribution in [-0.2, 0) is 51.5 Å². The van der Waals surface area contributed by atoms with Gasteiger partial charge in [-0.3, -0.25) is 0 Å². The SMILES string of the molecule is C=CCN(CC=C)Cc1cc[c]([Pd])[c]([Pd])c1CN(CC=C)CC=C. The second kappa shape index (κ2) is 11.9. The van der Waals surface area contributed by atoms with Gasteiger partial charge in [-0.15, -0.1) is 0 Å². The van der Waals surface area contributed by atoms with E-state index in [0.29, 0.717) is 0 Å². The molecule has 2 nitrogen and oxygen atoms in total. The molecule has 0 aliphatic heterocycles. The van der Waals surface area contributed by atoms with Crippen LogP contribution >= 0.6 is 0 Å². The number of benzene rings is 1. The van der Waals surface area contributed by atoms with E-state index in [9.17, 15) is 0 Å². The monoisotopic (exact) mass is 506 g/mol. The van der Waals surface area contributed by atoms with Crippen LogP contribution in [0.25, 0.3) is 0 Å². The van der Waals surface area contributed by atoms with Crippen molar-refractivity contribution in [3.05, 3.63) is 73.9 Å². The summed E-state index contributed by atoms with van der Waals surface area (Å²) in [5.41, 5.74) is 2.62. The molecule has 4 heteroatoms. The first-order chi connectivity index (χ1) is 11.6. The van der Waals surface area contributed by atoms with Gasteiger partial charge in [-0.25, -0.2) is 0 Å². The van der Waals surface area contributed by atoms with E-state index in [1.807, 2.05) is 24.3 Å². The summed E-state index contributed by atoms with van der Waals surface area (Å²) >= 11 is 6.78. The van der Waals surface area contributed by atoms with Gasteiger partial charge in [-0.2, -0.15) is 0 Å². The van der Waals surface area contributed by atoms with Gasteiger partial charge in [0.1, 0.15) is 0 Å². The van der Waals surface area contributed by atoms with Crippen molar-refractivity contribution in [3.63, 3.8) is 0 Å². The van der Waals surface area contributed by atoms with E-state index < -0.39 is 0 Å². The Labute approximate surface area is 168 Å². The maximum atomic E-state index is 3.86. The number of hydrogen-bond acceptors (Lipinski definition) is 2. The molecule has 0 heterocycles. The zero-order chi connectivity index (χ0) is 17.9. The molecule has 1 aromatic rings. The predicted molar refractivity (Wildman–Crippen MR) is 97.1 cm³/mol. The summed E-state index contributed by atoms with van der Waals surface area (Å²) in [5, 5.41) is 0. The molecule has 136 valence electrons. The third-order valence-corrected chi connectivity index (χ3v) is 5.56. The van der Waals surface area contributed by atoms with Crippen molar-refractivity contribution < 1.29 is 38.4 Å². The summed E-state index contributed by atoms with van der Waals surface area (Å²) in [6.07, 6.45) is 7.73. The standard InChI is InChI=1S/C20H26N2.2Pd/c1-5-13-21(14-6-2)17-19-11-9-10-12-20(19)18-22(15-7-3)16-8-4;;/h5-9,11H,1-4,13-18H2;;. The fraction of sp³-hybridized carbons (Fsp3) is 0.300. The van der Waals surface area contributed by atoms with E-state index in [1.165, 1.54) is 11.1 Å². The molecule has 0 spiro atoms. The summed E-state index contributed by atoms with van der Waals surface area (Å²) in [4.78, 5) is 4.63. The Morgan fingerprint density at radius 3 is 1.67 bits per heavy atom. The third kappa shape index (κ3) is 6.74. The van der Waals surface area contributed by atoms with Crippen molar-refractivity contribution in [1.82, 2.24) is 9.80 Å². The molecule has 0 aliphatic rings. The van der Waals surface area contributed by atoms with Gasteiger partial charge in [0.15, 0.2) is 0 Å². The minimum atomic E-state index is 0.834.